The highest BCUT2D eigenvalue weighted by Crippen LogP contribution is 2.22. The molecule has 122 valence electrons. The smallest absolute Gasteiger partial charge is 0.0702 e. The second-order valence-electron chi connectivity index (χ2n) is 5.99. The van der Waals surface area contributed by atoms with E-state index < -0.39 is 0 Å². The minimum atomic E-state index is 0.828. The van der Waals surface area contributed by atoms with Crippen molar-refractivity contribution in [3.05, 3.63) is 60.4 Å². The number of nitrogens with zero attached hydrogens (tertiary/aromatic N) is 3. The maximum atomic E-state index is 5.39. The number of H-pyrrole nitrogens is 1. The average molecular weight is 320 g/mol. The molecule has 4 rings (SSSR count). The van der Waals surface area contributed by atoms with E-state index in [4.69, 9.17) is 4.74 Å². The van der Waals surface area contributed by atoms with Gasteiger partial charge in [-0.3, -0.25) is 15.0 Å². The Morgan fingerprint density at radius 1 is 0.958 bits per heavy atom. The molecule has 3 aromatic rings. The summed E-state index contributed by atoms with van der Waals surface area (Å²) in [6, 6.07) is 14.6. The first-order valence-corrected chi connectivity index (χ1v) is 8.24. The van der Waals surface area contributed by atoms with Crippen LogP contribution in [0.15, 0.2) is 54.9 Å². The molecule has 5 heteroatoms. The minimum Gasteiger partial charge on any atom is -0.379 e. The predicted molar refractivity (Wildman–Crippen MR) is 93.4 cm³/mol. The standard InChI is InChI=1S/C19H20N4O/c1-6-18(20-13-15(1)14-23-9-11-24-12-10-23)16-2-4-17(5-3-16)19-7-8-21-22-19/h1-8,13H,9-12,14H2,(H,21,22). The Bertz CT molecular complexity index is 760. The van der Waals surface area contributed by atoms with Crippen LogP contribution in [0.2, 0.25) is 0 Å². The number of pyridine rings is 1. The molecule has 0 unspecified atom stereocenters. The summed E-state index contributed by atoms with van der Waals surface area (Å²) in [5.74, 6) is 0. The van der Waals surface area contributed by atoms with Crippen LogP contribution in [-0.2, 0) is 11.3 Å². The maximum absolute atomic E-state index is 5.39. The molecule has 0 atom stereocenters. The van der Waals surface area contributed by atoms with Crippen molar-refractivity contribution in [2.75, 3.05) is 26.3 Å². The van der Waals surface area contributed by atoms with E-state index in [1.54, 1.807) is 6.20 Å². The van der Waals surface area contributed by atoms with E-state index >= 15 is 0 Å². The van der Waals surface area contributed by atoms with Gasteiger partial charge >= 0.3 is 0 Å². The molecule has 1 N–H and O–H groups in total. The summed E-state index contributed by atoms with van der Waals surface area (Å²) < 4.78 is 5.39. The van der Waals surface area contributed by atoms with Crippen molar-refractivity contribution >= 4 is 0 Å². The fourth-order valence-electron chi connectivity index (χ4n) is 2.94. The Balaban J connectivity index is 1.46. The van der Waals surface area contributed by atoms with Crippen LogP contribution in [0.25, 0.3) is 22.5 Å². The molecule has 0 bridgehead atoms. The lowest BCUT2D eigenvalue weighted by atomic mass is 10.1. The fraction of sp³-hybridized carbons (Fsp3) is 0.263. The molecule has 0 aliphatic carbocycles. The van der Waals surface area contributed by atoms with E-state index in [-0.39, 0.29) is 0 Å². The number of aromatic nitrogens is 3. The second-order valence-corrected chi connectivity index (χ2v) is 5.99. The third kappa shape index (κ3) is 3.37. The van der Waals surface area contributed by atoms with Crippen LogP contribution in [0, 0.1) is 0 Å². The van der Waals surface area contributed by atoms with Crippen molar-refractivity contribution in [1.29, 1.82) is 0 Å². The van der Waals surface area contributed by atoms with Crippen molar-refractivity contribution in [2.24, 2.45) is 0 Å². The summed E-state index contributed by atoms with van der Waals surface area (Å²) in [6.45, 7) is 4.59. The molecule has 0 amide bonds. The van der Waals surface area contributed by atoms with Crippen molar-refractivity contribution in [3.63, 3.8) is 0 Å². The number of aromatic amines is 1. The zero-order chi connectivity index (χ0) is 16.2. The van der Waals surface area contributed by atoms with Gasteiger partial charge in [0.25, 0.3) is 0 Å². The van der Waals surface area contributed by atoms with Crippen molar-refractivity contribution in [3.8, 4) is 22.5 Å². The fourth-order valence-corrected chi connectivity index (χ4v) is 2.94. The SMILES string of the molecule is c1cc(-c2ccc(-c3ccc(CN4CCOCC4)cn3)cc2)[nH]n1. The lowest BCUT2D eigenvalue weighted by Gasteiger charge is -2.26. The largest absolute Gasteiger partial charge is 0.379 e. The van der Waals surface area contributed by atoms with E-state index in [1.165, 1.54) is 5.56 Å². The summed E-state index contributed by atoms with van der Waals surface area (Å²) >= 11 is 0. The van der Waals surface area contributed by atoms with Crippen LogP contribution >= 0.6 is 0 Å². The Labute approximate surface area is 141 Å². The molecular formula is C19H20N4O. The van der Waals surface area contributed by atoms with Crippen LogP contribution in [0.5, 0.6) is 0 Å². The maximum Gasteiger partial charge on any atom is 0.0702 e. The number of benzene rings is 1. The van der Waals surface area contributed by atoms with Gasteiger partial charge in [0.15, 0.2) is 0 Å². The zero-order valence-corrected chi connectivity index (χ0v) is 13.5. The van der Waals surface area contributed by atoms with Crippen LogP contribution in [0.1, 0.15) is 5.56 Å². The van der Waals surface area contributed by atoms with E-state index in [9.17, 15) is 0 Å². The van der Waals surface area contributed by atoms with Gasteiger partial charge in [0.2, 0.25) is 0 Å². The molecule has 0 radical (unpaired) electrons. The molecule has 1 aliphatic heterocycles. The van der Waals surface area contributed by atoms with Crippen LogP contribution in [0.3, 0.4) is 0 Å². The first kappa shape index (κ1) is 15.1. The third-order valence-corrected chi connectivity index (χ3v) is 4.33. The van der Waals surface area contributed by atoms with Crippen LogP contribution in [-0.4, -0.2) is 46.4 Å². The van der Waals surface area contributed by atoms with E-state index in [2.05, 4.69) is 56.5 Å². The average Bonchev–Trinajstić information content (AvgIpc) is 3.18. The molecule has 3 heterocycles. The van der Waals surface area contributed by atoms with Crippen molar-refractivity contribution in [2.45, 2.75) is 6.54 Å². The number of hydrogen-bond donors (Lipinski definition) is 1. The quantitative estimate of drug-likeness (QED) is 0.803. The second kappa shape index (κ2) is 6.95. The topological polar surface area (TPSA) is 54.0 Å². The number of ether oxygens (including phenoxy) is 1. The zero-order valence-electron chi connectivity index (χ0n) is 13.5. The van der Waals surface area contributed by atoms with Gasteiger partial charge in [0.1, 0.15) is 0 Å². The minimum absolute atomic E-state index is 0.828. The Hall–Kier alpha value is -2.50. The molecule has 1 aliphatic rings. The number of hydrogen-bond acceptors (Lipinski definition) is 4. The van der Waals surface area contributed by atoms with Gasteiger partial charge in [-0.25, -0.2) is 0 Å². The van der Waals surface area contributed by atoms with E-state index in [0.717, 1.165) is 55.4 Å². The lowest BCUT2D eigenvalue weighted by molar-refractivity contribution is 0.0341. The Morgan fingerprint density at radius 3 is 2.42 bits per heavy atom. The van der Waals surface area contributed by atoms with E-state index in [1.807, 2.05) is 12.3 Å². The lowest BCUT2D eigenvalue weighted by Crippen LogP contribution is -2.35. The Morgan fingerprint density at radius 2 is 1.75 bits per heavy atom. The summed E-state index contributed by atoms with van der Waals surface area (Å²) in [6.07, 6.45) is 3.74. The predicted octanol–water partition coefficient (Wildman–Crippen LogP) is 2.97. The van der Waals surface area contributed by atoms with Gasteiger partial charge in [-0.15, -0.1) is 0 Å². The molecule has 24 heavy (non-hydrogen) atoms. The molecule has 0 saturated carbocycles. The summed E-state index contributed by atoms with van der Waals surface area (Å²) in [7, 11) is 0. The molecule has 5 nitrogen and oxygen atoms in total. The van der Waals surface area contributed by atoms with Crippen molar-refractivity contribution < 1.29 is 4.74 Å². The monoisotopic (exact) mass is 320 g/mol. The van der Waals surface area contributed by atoms with Gasteiger partial charge < -0.3 is 4.74 Å². The summed E-state index contributed by atoms with van der Waals surface area (Å²) in [5, 5.41) is 6.97. The molecule has 1 saturated heterocycles. The molecule has 1 fully saturated rings. The normalized spacial score (nSPS) is 15.5. The Kier molecular flexibility index (Phi) is 4.36. The number of morpholine rings is 1. The van der Waals surface area contributed by atoms with Crippen LogP contribution < -0.4 is 0 Å². The highest BCUT2D eigenvalue weighted by Gasteiger charge is 2.11. The van der Waals surface area contributed by atoms with E-state index in [0.29, 0.717) is 0 Å². The number of rotatable bonds is 4. The molecule has 1 aromatic carbocycles. The number of nitrogens with one attached hydrogen (secondary N) is 1. The first-order chi connectivity index (χ1) is 11.9. The van der Waals surface area contributed by atoms with Crippen LogP contribution in [0.4, 0.5) is 0 Å². The summed E-state index contributed by atoms with van der Waals surface area (Å²) in [4.78, 5) is 7.03. The third-order valence-electron chi connectivity index (χ3n) is 4.33. The molecule has 0 spiro atoms. The molecular weight excluding hydrogens is 300 g/mol. The first-order valence-electron chi connectivity index (χ1n) is 8.24. The molecule has 2 aromatic heterocycles. The van der Waals surface area contributed by atoms with Gasteiger partial charge in [0.05, 0.1) is 24.6 Å². The highest BCUT2D eigenvalue weighted by atomic mass is 16.5. The highest BCUT2D eigenvalue weighted by molar-refractivity contribution is 5.66. The summed E-state index contributed by atoms with van der Waals surface area (Å²) in [5.41, 5.74) is 5.51. The van der Waals surface area contributed by atoms with Gasteiger partial charge in [0, 0.05) is 37.6 Å². The van der Waals surface area contributed by atoms with Gasteiger partial charge in [-0.1, -0.05) is 30.3 Å². The van der Waals surface area contributed by atoms with Gasteiger partial charge in [-0.2, -0.15) is 5.10 Å². The van der Waals surface area contributed by atoms with Crippen molar-refractivity contribution in [1.82, 2.24) is 20.1 Å². The van der Waals surface area contributed by atoms with Gasteiger partial charge in [-0.05, 0) is 23.3 Å².